The van der Waals surface area contributed by atoms with E-state index in [0.29, 0.717) is 12.6 Å². The van der Waals surface area contributed by atoms with Crippen LogP contribution in [0, 0.1) is 0 Å². The van der Waals surface area contributed by atoms with Gasteiger partial charge in [-0.2, -0.15) is 0 Å². The number of allylic oxidation sites excluding steroid dienone is 1. The number of fused-ring (bicyclic) bond motifs is 1. The lowest BCUT2D eigenvalue weighted by molar-refractivity contribution is 0.142. The monoisotopic (exact) mass is 439 g/mol. The molecule has 1 aliphatic carbocycles. The van der Waals surface area contributed by atoms with Crippen molar-refractivity contribution in [2.75, 3.05) is 20.3 Å². The maximum absolute atomic E-state index is 5.88. The Morgan fingerprint density at radius 2 is 1.52 bits per heavy atom. The molecule has 2 unspecified atom stereocenters. The maximum Gasteiger partial charge on any atom is 0.0595 e. The standard InChI is InChI=1S/C31H37NO/c1-4-18-32-24(2)21-31(23-33-3)22-28(20-26-14-9-6-10-15-26)30-27(16-11-17-29(30)31)19-25-12-7-5-8-13-25/h5-17,22,24,32H,4,18-21,23H2,1-3H3. The molecule has 4 rings (SSSR count). The molecule has 0 bridgehead atoms. The van der Waals surface area contributed by atoms with Crippen molar-refractivity contribution >= 4 is 5.57 Å². The molecule has 0 fully saturated rings. The Balaban J connectivity index is 1.78. The molecule has 0 amide bonds. The van der Waals surface area contributed by atoms with E-state index in [0.717, 1.165) is 32.2 Å². The summed E-state index contributed by atoms with van der Waals surface area (Å²) in [5, 5.41) is 3.71. The second-order valence-corrected chi connectivity index (χ2v) is 9.48. The average Bonchev–Trinajstić information content (AvgIpc) is 3.13. The van der Waals surface area contributed by atoms with Crippen LogP contribution in [-0.2, 0) is 23.0 Å². The van der Waals surface area contributed by atoms with Crippen LogP contribution in [0.2, 0.25) is 0 Å². The summed E-state index contributed by atoms with van der Waals surface area (Å²) in [4.78, 5) is 0. The zero-order chi connectivity index (χ0) is 23.1. The van der Waals surface area contributed by atoms with Crippen molar-refractivity contribution in [3.05, 3.63) is 113 Å². The quantitative estimate of drug-likeness (QED) is 0.364. The molecule has 1 aliphatic rings. The molecule has 0 aliphatic heterocycles. The van der Waals surface area contributed by atoms with Crippen molar-refractivity contribution in [2.45, 2.75) is 51.0 Å². The molecule has 0 spiro atoms. The van der Waals surface area contributed by atoms with Crippen LogP contribution in [0.25, 0.3) is 5.57 Å². The number of benzene rings is 3. The van der Waals surface area contributed by atoms with Gasteiger partial charge in [0.15, 0.2) is 0 Å². The smallest absolute Gasteiger partial charge is 0.0595 e. The summed E-state index contributed by atoms with van der Waals surface area (Å²) >= 11 is 0. The predicted molar refractivity (Wildman–Crippen MR) is 140 cm³/mol. The molecule has 3 aromatic rings. The van der Waals surface area contributed by atoms with Crippen LogP contribution in [-0.4, -0.2) is 26.3 Å². The van der Waals surface area contributed by atoms with Gasteiger partial charge >= 0.3 is 0 Å². The van der Waals surface area contributed by atoms with E-state index in [1.165, 1.54) is 33.4 Å². The summed E-state index contributed by atoms with van der Waals surface area (Å²) in [6.45, 7) is 6.28. The normalized spacial score (nSPS) is 18.1. The van der Waals surface area contributed by atoms with E-state index in [2.05, 4.69) is 104 Å². The fourth-order valence-electron chi connectivity index (χ4n) is 5.41. The van der Waals surface area contributed by atoms with Gasteiger partial charge in [0, 0.05) is 18.6 Å². The molecule has 0 saturated heterocycles. The lowest BCUT2D eigenvalue weighted by Crippen LogP contribution is -2.38. The summed E-state index contributed by atoms with van der Waals surface area (Å²) in [6.07, 6.45) is 6.60. The van der Waals surface area contributed by atoms with Crippen LogP contribution in [0.3, 0.4) is 0 Å². The predicted octanol–water partition coefficient (Wildman–Crippen LogP) is 6.58. The number of hydrogen-bond donors (Lipinski definition) is 1. The highest BCUT2D eigenvalue weighted by molar-refractivity contribution is 5.80. The number of rotatable bonds is 11. The van der Waals surface area contributed by atoms with Gasteiger partial charge in [0.05, 0.1) is 6.61 Å². The first-order valence-corrected chi connectivity index (χ1v) is 12.3. The Morgan fingerprint density at radius 3 is 2.15 bits per heavy atom. The second-order valence-electron chi connectivity index (χ2n) is 9.48. The van der Waals surface area contributed by atoms with Gasteiger partial charge in [0.1, 0.15) is 0 Å². The highest BCUT2D eigenvalue weighted by Crippen LogP contribution is 2.46. The van der Waals surface area contributed by atoms with Gasteiger partial charge in [-0.05, 0) is 72.5 Å². The van der Waals surface area contributed by atoms with Gasteiger partial charge in [0.2, 0.25) is 0 Å². The van der Waals surface area contributed by atoms with Crippen molar-refractivity contribution in [1.29, 1.82) is 0 Å². The molecule has 3 aromatic carbocycles. The van der Waals surface area contributed by atoms with Gasteiger partial charge in [-0.25, -0.2) is 0 Å². The summed E-state index contributed by atoms with van der Waals surface area (Å²) in [6, 6.07) is 29.0. The number of hydrogen-bond acceptors (Lipinski definition) is 2. The molecule has 0 saturated carbocycles. The van der Waals surface area contributed by atoms with Gasteiger partial charge in [-0.1, -0.05) is 91.9 Å². The molecule has 0 aromatic heterocycles. The summed E-state index contributed by atoms with van der Waals surface area (Å²) in [7, 11) is 1.84. The second kappa shape index (κ2) is 11.0. The SMILES string of the molecule is CCCNC(C)CC1(COC)C=C(Cc2ccccc2)c2c(Cc3ccccc3)cccc21. The highest BCUT2D eigenvalue weighted by atomic mass is 16.5. The lowest BCUT2D eigenvalue weighted by atomic mass is 9.77. The summed E-state index contributed by atoms with van der Waals surface area (Å²) < 4.78 is 5.88. The van der Waals surface area contributed by atoms with E-state index >= 15 is 0 Å². The maximum atomic E-state index is 5.88. The van der Waals surface area contributed by atoms with Gasteiger partial charge < -0.3 is 10.1 Å². The Labute approximate surface area is 199 Å². The van der Waals surface area contributed by atoms with Gasteiger partial charge in [-0.3, -0.25) is 0 Å². The van der Waals surface area contributed by atoms with Crippen LogP contribution in [0.15, 0.2) is 84.9 Å². The van der Waals surface area contributed by atoms with Gasteiger partial charge in [-0.15, -0.1) is 0 Å². The summed E-state index contributed by atoms with van der Waals surface area (Å²) in [5.41, 5.74) is 8.30. The Hall–Kier alpha value is -2.68. The largest absolute Gasteiger partial charge is 0.383 e. The molecular weight excluding hydrogens is 402 g/mol. The minimum atomic E-state index is -0.110. The molecular formula is C31H37NO. The van der Waals surface area contributed by atoms with Crippen LogP contribution in [0.5, 0.6) is 0 Å². The minimum Gasteiger partial charge on any atom is -0.383 e. The minimum absolute atomic E-state index is 0.110. The lowest BCUT2D eigenvalue weighted by Gasteiger charge is -2.32. The highest BCUT2D eigenvalue weighted by Gasteiger charge is 2.40. The fraction of sp³-hybridized carbons (Fsp3) is 0.355. The van der Waals surface area contributed by atoms with E-state index < -0.39 is 0 Å². The fourth-order valence-corrected chi connectivity index (χ4v) is 5.41. The van der Waals surface area contributed by atoms with Crippen LogP contribution in [0.4, 0.5) is 0 Å². The molecule has 0 radical (unpaired) electrons. The van der Waals surface area contributed by atoms with Crippen molar-refractivity contribution in [2.24, 2.45) is 0 Å². The van der Waals surface area contributed by atoms with Crippen molar-refractivity contribution < 1.29 is 4.74 Å². The van der Waals surface area contributed by atoms with Crippen molar-refractivity contribution in [3.8, 4) is 0 Å². The Morgan fingerprint density at radius 1 is 0.848 bits per heavy atom. The summed E-state index contributed by atoms with van der Waals surface area (Å²) in [5.74, 6) is 0. The molecule has 2 heteroatoms. The third-order valence-electron chi connectivity index (χ3n) is 6.75. The molecule has 2 atom stereocenters. The number of ether oxygens (including phenoxy) is 1. The first-order valence-electron chi connectivity index (χ1n) is 12.3. The van der Waals surface area contributed by atoms with Crippen LogP contribution >= 0.6 is 0 Å². The van der Waals surface area contributed by atoms with Gasteiger partial charge in [0.25, 0.3) is 0 Å². The first kappa shape index (κ1) is 23.5. The average molecular weight is 440 g/mol. The van der Waals surface area contributed by atoms with E-state index in [4.69, 9.17) is 4.74 Å². The van der Waals surface area contributed by atoms with Crippen LogP contribution in [0.1, 0.15) is 54.5 Å². The number of methoxy groups -OCH3 is 1. The van der Waals surface area contributed by atoms with E-state index in [1.54, 1.807) is 0 Å². The van der Waals surface area contributed by atoms with E-state index in [9.17, 15) is 0 Å². The zero-order valence-electron chi connectivity index (χ0n) is 20.3. The Bertz CT molecular complexity index is 1060. The third kappa shape index (κ3) is 5.46. The third-order valence-corrected chi connectivity index (χ3v) is 6.75. The number of nitrogens with one attached hydrogen (secondary N) is 1. The molecule has 172 valence electrons. The topological polar surface area (TPSA) is 21.3 Å². The van der Waals surface area contributed by atoms with Crippen molar-refractivity contribution in [1.82, 2.24) is 5.32 Å². The van der Waals surface area contributed by atoms with E-state index in [-0.39, 0.29) is 5.41 Å². The molecule has 2 nitrogen and oxygen atoms in total. The Kier molecular flexibility index (Phi) is 7.80. The molecule has 33 heavy (non-hydrogen) atoms. The van der Waals surface area contributed by atoms with E-state index in [1.807, 2.05) is 7.11 Å². The van der Waals surface area contributed by atoms with Crippen LogP contribution < -0.4 is 5.32 Å². The molecule has 1 N–H and O–H groups in total. The first-order chi connectivity index (χ1) is 16.1. The molecule has 0 heterocycles. The zero-order valence-corrected chi connectivity index (χ0v) is 20.3. The van der Waals surface area contributed by atoms with Crippen molar-refractivity contribution in [3.63, 3.8) is 0 Å².